The average molecular weight is 310 g/mol. The Morgan fingerprint density at radius 3 is 2.67 bits per heavy atom. The average Bonchev–Trinajstić information content (AvgIpc) is 2.31. The van der Waals surface area contributed by atoms with Gasteiger partial charge >= 0.3 is 0 Å². The first-order valence-corrected chi connectivity index (χ1v) is 6.18. The van der Waals surface area contributed by atoms with E-state index in [0.717, 1.165) is 10.2 Å². The number of aromatic nitrogens is 1. The molecule has 1 aromatic carbocycles. The Morgan fingerprint density at radius 1 is 1.33 bits per heavy atom. The van der Waals surface area contributed by atoms with E-state index >= 15 is 0 Å². The molecule has 0 bridgehead atoms. The van der Waals surface area contributed by atoms with Gasteiger partial charge in [0, 0.05) is 16.2 Å². The van der Waals surface area contributed by atoms with E-state index in [0.29, 0.717) is 5.69 Å². The maximum Gasteiger partial charge on any atom is 0.223 e. The molecule has 2 aromatic rings. The molecule has 0 unspecified atom stereocenters. The van der Waals surface area contributed by atoms with Crippen LogP contribution < -0.4 is 5.43 Å². The van der Waals surface area contributed by atoms with E-state index in [4.69, 9.17) is 0 Å². The molecule has 18 heavy (non-hydrogen) atoms. The molecular formula is C13H12BrNO3. The highest BCUT2D eigenvalue weighted by atomic mass is 79.9. The van der Waals surface area contributed by atoms with Crippen molar-refractivity contribution >= 4 is 15.9 Å². The van der Waals surface area contributed by atoms with Gasteiger partial charge in [0.15, 0.2) is 5.75 Å². The Bertz CT molecular complexity index is 634. The summed E-state index contributed by atoms with van der Waals surface area (Å²) in [4.78, 5) is 11.4. The van der Waals surface area contributed by atoms with Gasteiger partial charge < -0.3 is 14.8 Å². The zero-order valence-corrected chi connectivity index (χ0v) is 11.3. The fourth-order valence-electron chi connectivity index (χ4n) is 1.71. The van der Waals surface area contributed by atoms with Crippen LogP contribution >= 0.6 is 15.9 Å². The van der Waals surface area contributed by atoms with Gasteiger partial charge in [0.05, 0.1) is 18.0 Å². The summed E-state index contributed by atoms with van der Waals surface area (Å²) in [5.74, 6) is -0.348. The maximum atomic E-state index is 11.4. The van der Waals surface area contributed by atoms with Gasteiger partial charge in [-0.3, -0.25) is 4.79 Å². The molecule has 0 amide bonds. The summed E-state index contributed by atoms with van der Waals surface area (Å²) < 4.78 is 2.46. The lowest BCUT2D eigenvalue weighted by Gasteiger charge is -2.16. The highest BCUT2D eigenvalue weighted by molar-refractivity contribution is 9.10. The predicted octanol–water partition coefficient (Wildman–Crippen LogP) is 2.36. The van der Waals surface area contributed by atoms with Gasteiger partial charge in [-0.25, -0.2) is 0 Å². The maximum absolute atomic E-state index is 11.4. The Kier molecular flexibility index (Phi) is 3.54. The molecule has 0 aliphatic rings. The molecular weight excluding hydrogens is 298 g/mol. The number of aliphatic hydroxyl groups excluding tert-OH is 1. The summed E-state index contributed by atoms with van der Waals surface area (Å²) >= 11 is 3.35. The Hall–Kier alpha value is -1.59. The molecule has 1 heterocycles. The lowest BCUT2D eigenvalue weighted by molar-refractivity contribution is 0.191. The van der Waals surface area contributed by atoms with Gasteiger partial charge in [-0.2, -0.15) is 0 Å². The minimum atomic E-state index is -0.808. The highest BCUT2D eigenvalue weighted by Gasteiger charge is 2.11. The van der Waals surface area contributed by atoms with E-state index in [1.54, 1.807) is 11.5 Å². The molecule has 0 spiro atoms. The predicted molar refractivity (Wildman–Crippen MR) is 72.0 cm³/mol. The molecule has 0 radical (unpaired) electrons. The van der Waals surface area contributed by atoms with Crippen LogP contribution in [0.3, 0.4) is 0 Å². The molecule has 4 nitrogen and oxygen atoms in total. The summed E-state index contributed by atoms with van der Waals surface area (Å²) in [5, 5.41) is 19.2. The van der Waals surface area contributed by atoms with Crippen molar-refractivity contribution in [1.29, 1.82) is 0 Å². The monoisotopic (exact) mass is 309 g/mol. The van der Waals surface area contributed by atoms with Crippen molar-refractivity contribution in [3.8, 4) is 11.4 Å². The number of halogens is 1. The minimum Gasteiger partial charge on any atom is -0.503 e. The smallest absolute Gasteiger partial charge is 0.223 e. The zero-order valence-electron chi connectivity index (χ0n) is 9.67. The third kappa shape index (κ3) is 2.47. The molecule has 1 aromatic heterocycles. The second-order valence-electron chi connectivity index (χ2n) is 3.97. The van der Waals surface area contributed by atoms with E-state index < -0.39 is 11.5 Å². The van der Waals surface area contributed by atoms with E-state index in [1.165, 1.54) is 12.3 Å². The topological polar surface area (TPSA) is 62.5 Å². The Labute approximate surface area is 112 Å². The molecule has 2 rings (SSSR count). The number of hydrogen-bond acceptors (Lipinski definition) is 3. The van der Waals surface area contributed by atoms with Crippen LogP contribution in [0.1, 0.15) is 18.7 Å². The van der Waals surface area contributed by atoms with Crippen molar-refractivity contribution in [1.82, 2.24) is 4.57 Å². The van der Waals surface area contributed by atoms with Crippen LogP contribution in [0.25, 0.3) is 5.69 Å². The number of pyridine rings is 1. The van der Waals surface area contributed by atoms with Gasteiger partial charge in [0.1, 0.15) is 0 Å². The van der Waals surface area contributed by atoms with Crippen LogP contribution in [0.4, 0.5) is 0 Å². The zero-order chi connectivity index (χ0) is 13.3. The quantitative estimate of drug-likeness (QED) is 0.895. The first-order chi connectivity index (χ1) is 8.49. The molecule has 0 saturated heterocycles. The third-order valence-corrected chi connectivity index (χ3v) is 3.07. The van der Waals surface area contributed by atoms with Crippen LogP contribution in [0.5, 0.6) is 5.75 Å². The lowest BCUT2D eigenvalue weighted by atomic mass is 10.2. The van der Waals surface area contributed by atoms with Gasteiger partial charge in [0.25, 0.3) is 0 Å². The molecule has 94 valence electrons. The standard InChI is InChI=1S/C13H12BrNO3/c1-8(16)11-6-12(17)13(18)7-15(11)10-4-2-3-9(14)5-10/h2-8,16,18H,1H3/t8-/m0/s1. The van der Waals surface area contributed by atoms with Gasteiger partial charge in [0.2, 0.25) is 5.43 Å². The number of rotatable bonds is 2. The van der Waals surface area contributed by atoms with Crippen molar-refractivity contribution in [3.63, 3.8) is 0 Å². The SMILES string of the molecule is C[C@H](O)c1cc(=O)c(O)cn1-c1cccc(Br)c1. The van der Waals surface area contributed by atoms with Crippen molar-refractivity contribution < 1.29 is 10.2 Å². The van der Waals surface area contributed by atoms with Gasteiger partial charge in [-0.15, -0.1) is 0 Å². The molecule has 1 atom stereocenters. The summed E-state index contributed by atoms with van der Waals surface area (Å²) in [6, 6.07) is 8.59. The van der Waals surface area contributed by atoms with Crippen molar-refractivity contribution in [3.05, 3.63) is 56.9 Å². The van der Waals surface area contributed by atoms with E-state index in [-0.39, 0.29) is 5.75 Å². The van der Waals surface area contributed by atoms with Crippen LogP contribution in [0.2, 0.25) is 0 Å². The normalized spacial score (nSPS) is 12.4. The number of benzene rings is 1. The lowest BCUT2D eigenvalue weighted by Crippen LogP contribution is -2.13. The largest absolute Gasteiger partial charge is 0.503 e. The second kappa shape index (κ2) is 4.96. The van der Waals surface area contributed by atoms with Crippen LogP contribution in [-0.4, -0.2) is 14.8 Å². The third-order valence-electron chi connectivity index (χ3n) is 2.58. The molecule has 5 heteroatoms. The fraction of sp³-hybridized carbons (Fsp3) is 0.154. The fourth-order valence-corrected chi connectivity index (χ4v) is 2.10. The number of aromatic hydroxyl groups is 1. The summed E-state index contributed by atoms with van der Waals surface area (Å²) in [6.07, 6.45) is 0.504. The molecule has 0 aliphatic carbocycles. The first kappa shape index (κ1) is 12.9. The minimum absolute atomic E-state index is 0.348. The molecule has 0 aliphatic heterocycles. The van der Waals surface area contributed by atoms with Gasteiger partial charge in [-0.05, 0) is 25.1 Å². The van der Waals surface area contributed by atoms with Crippen molar-refractivity contribution in [2.75, 3.05) is 0 Å². The summed E-state index contributed by atoms with van der Waals surface area (Å²) in [7, 11) is 0. The van der Waals surface area contributed by atoms with Crippen LogP contribution in [-0.2, 0) is 0 Å². The molecule has 0 fully saturated rings. The van der Waals surface area contributed by atoms with Crippen molar-refractivity contribution in [2.45, 2.75) is 13.0 Å². The Morgan fingerprint density at radius 2 is 2.06 bits per heavy atom. The number of hydrogen-bond donors (Lipinski definition) is 2. The van der Waals surface area contributed by atoms with E-state index in [2.05, 4.69) is 15.9 Å². The first-order valence-electron chi connectivity index (χ1n) is 5.38. The van der Waals surface area contributed by atoms with E-state index in [9.17, 15) is 15.0 Å². The van der Waals surface area contributed by atoms with Crippen LogP contribution in [0.15, 0.2) is 45.8 Å². The summed E-state index contributed by atoms with van der Waals surface area (Å²) in [5.41, 5.74) is 0.670. The molecule has 2 N–H and O–H groups in total. The highest BCUT2D eigenvalue weighted by Crippen LogP contribution is 2.21. The number of aliphatic hydroxyl groups is 1. The second-order valence-corrected chi connectivity index (χ2v) is 4.89. The summed E-state index contributed by atoms with van der Waals surface area (Å²) in [6.45, 7) is 1.57. The van der Waals surface area contributed by atoms with Crippen molar-refractivity contribution in [2.24, 2.45) is 0 Å². The van der Waals surface area contributed by atoms with Crippen LogP contribution in [0, 0.1) is 0 Å². The van der Waals surface area contributed by atoms with Gasteiger partial charge in [-0.1, -0.05) is 22.0 Å². The number of nitrogens with zero attached hydrogens (tertiary/aromatic N) is 1. The Balaban J connectivity index is 2.69. The van der Waals surface area contributed by atoms with E-state index in [1.807, 2.05) is 24.3 Å². The molecule has 0 saturated carbocycles.